The molecule has 0 saturated carbocycles. The van der Waals surface area contributed by atoms with Crippen molar-refractivity contribution in [3.8, 4) is 0 Å². The first kappa shape index (κ1) is 13.8. The minimum absolute atomic E-state index is 0.169. The van der Waals surface area contributed by atoms with Crippen LogP contribution in [0.25, 0.3) is 11.0 Å². The van der Waals surface area contributed by atoms with E-state index in [4.69, 9.17) is 4.42 Å². The molecule has 110 valence electrons. The maximum Gasteiger partial charge on any atom is 0.305 e. The fraction of sp³-hybridized carbons (Fsp3) is 0.0625. The molecule has 0 fully saturated rings. The Morgan fingerprint density at radius 1 is 1.00 bits per heavy atom. The standard InChI is InChI=1S/C16H13N3O3/c1-10-11-6-2-3-8-13(11)22-14(10)16(21)19-18-15(20)12-7-4-5-9-17-12/h2-9H,1H3,(H,18,20)(H,19,21). The minimum atomic E-state index is -0.516. The number of aryl methyl sites for hydroxylation is 1. The second-order valence-corrected chi connectivity index (χ2v) is 4.68. The van der Waals surface area contributed by atoms with E-state index in [0.29, 0.717) is 5.58 Å². The number of amides is 2. The molecular weight excluding hydrogens is 282 g/mol. The van der Waals surface area contributed by atoms with Crippen LogP contribution in [0.2, 0.25) is 0 Å². The zero-order valence-corrected chi connectivity index (χ0v) is 11.8. The molecule has 2 heterocycles. The van der Waals surface area contributed by atoms with Crippen LogP contribution in [-0.4, -0.2) is 16.8 Å². The van der Waals surface area contributed by atoms with E-state index in [9.17, 15) is 9.59 Å². The number of aromatic nitrogens is 1. The number of hydrogen-bond donors (Lipinski definition) is 2. The Morgan fingerprint density at radius 2 is 1.73 bits per heavy atom. The summed E-state index contributed by atoms with van der Waals surface area (Å²) in [6.07, 6.45) is 1.50. The van der Waals surface area contributed by atoms with E-state index < -0.39 is 11.8 Å². The molecule has 0 unspecified atom stereocenters. The van der Waals surface area contributed by atoms with Crippen molar-refractivity contribution in [2.24, 2.45) is 0 Å². The zero-order valence-electron chi connectivity index (χ0n) is 11.8. The molecule has 0 atom stereocenters. The van der Waals surface area contributed by atoms with E-state index in [2.05, 4.69) is 15.8 Å². The van der Waals surface area contributed by atoms with Crippen molar-refractivity contribution in [1.29, 1.82) is 0 Å². The zero-order chi connectivity index (χ0) is 15.5. The summed E-state index contributed by atoms with van der Waals surface area (Å²) in [5.41, 5.74) is 6.20. The van der Waals surface area contributed by atoms with Crippen LogP contribution in [0.1, 0.15) is 26.6 Å². The molecule has 0 radical (unpaired) electrons. The molecule has 2 amide bonds. The summed E-state index contributed by atoms with van der Waals surface area (Å²) < 4.78 is 5.52. The SMILES string of the molecule is Cc1c(C(=O)NNC(=O)c2ccccn2)oc2ccccc12. The van der Waals surface area contributed by atoms with Gasteiger partial charge in [0.25, 0.3) is 5.91 Å². The van der Waals surface area contributed by atoms with Gasteiger partial charge in [-0.1, -0.05) is 24.3 Å². The van der Waals surface area contributed by atoms with Gasteiger partial charge in [-0.3, -0.25) is 25.4 Å². The quantitative estimate of drug-likeness (QED) is 0.710. The van der Waals surface area contributed by atoms with Crippen LogP contribution in [0.5, 0.6) is 0 Å². The van der Waals surface area contributed by atoms with Crippen LogP contribution in [0.15, 0.2) is 53.1 Å². The molecule has 1 aromatic carbocycles. The molecular formula is C16H13N3O3. The van der Waals surface area contributed by atoms with Gasteiger partial charge in [0.05, 0.1) is 0 Å². The monoisotopic (exact) mass is 295 g/mol. The van der Waals surface area contributed by atoms with Crippen LogP contribution in [0.4, 0.5) is 0 Å². The highest BCUT2D eigenvalue weighted by Gasteiger charge is 2.18. The van der Waals surface area contributed by atoms with Gasteiger partial charge in [-0.15, -0.1) is 0 Å². The van der Waals surface area contributed by atoms with Gasteiger partial charge in [-0.25, -0.2) is 0 Å². The van der Waals surface area contributed by atoms with Crippen molar-refractivity contribution in [3.05, 3.63) is 65.7 Å². The smallest absolute Gasteiger partial charge is 0.305 e. The number of benzene rings is 1. The summed E-state index contributed by atoms with van der Waals surface area (Å²) in [5.74, 6) is -0.844. The predicted molar refractivity (Wildman–Crippen MR) is 80.1 cm³/mol. The van der Waals surface area contributed by atoms with Gasteiger partial charge in [0, 0.05) is 17.1 Å². The van der Waals surface area contributed by atoms with Crippen LogP contribution < -0.4 is 10.9 Å². The van der Waals surface area contributed by atoms with Gasteiger partial charge in [0.1, 0.15) is 11.3 Å². The summed E-state index contributed by atoms with van der Waals surface area (Å²) in [6, 6.07) is 12.3. The molecule has 0 bridgehead atoms. The number of fused-ring (bicyclic) bond motifs is 1. The number of nitrogens with one attached hydrogen (secondary N) is 2. The molecule has 6 heteroatoms. The second kappa shape index (κ2) is 5.69. The molecule has 0 saturated heterocycles. The van der Waals surface area contributed by atoms with Gasteiger partial charge in [0.2, 0.25) is 0 Å². The summed E-state index contributed by atoms with van der Waals surface area (Å²) in [6.45, 7) is 1.79. The highest BCUT2D eigenvalue weighted by atomic mass is 16.3. The fourth-order valence-electron chi connectivity index (χ4n) is 2.12. The Labute approximate surface area is 126 Å². The maximum absolute atomic E-state index is 12.1. The first-order valence-corrected chi connectivity index (χ1v) is 6.66. The Hall–Kier alpha value is -3.15. The molecule has 0 aliphatic rings. The topological polar surface area (TPSA) is 84.2 Å². The Balaban J connectivity index is 1.74. The number of hydrazine groups is 1. The van der Waals surface area contributed by atoms with Crippen LogP contribution in [0, 0.1) is 6.92 Å². The lowest BCUT2D eigenvalue weighted by molar-refractivity contribution is 0.0829. The van der Waals surface area contributed by atoms with Gasteiger partial charge >= 0.3 is 5.91 Å². The summed E-state index contributed by atoms with van der Waals surface area (Å²) in [7, 11) is 0. The summed E-state index contributed by atoms with van der Waals surface area (Å²) >= 11 is 0. The molecule has 6 nitrogen and oxygen atoms in total. The number of rotatable bonds is 2. The van der Waals surface area contributed by atoms with Gasteiger partial charge < -0.3 is 4.42 Å². The third-order valence-electron chi connectivity index (χ3n) is 3.24. The molecule has 0 aliphatic heterocycles. The van der Waals surface area contributed by atoms with E-state index in [-0.39, 0.29) is 11.5 Å². The largest absolute Gasteiger partial charge is 0.451 e. The van der Waals surface area contributed by atoms with Crippen LogP contribution in [0.3, 0.4) is 0 Å². The fourth-order valence-corrected chi connectivity index (χ4v) is 2.12. The van der Waals surface area contributed by atoms with Crippen molar-refractivity contribution >= 4 is 22.8 Å². The average molecular weight is 295 g/mol. The molecule has 3 rings (SSSR count). The molecule has 2 aromatic heterocycles. The number of carbonyl (C=O) groups excluding carboxylic acids is 2. The van der Waals surface area contributed by atoms with E-state index in [1.54, 1.807) is 31.2 Å². The first-order chi connectivity index (χ1) is 10.7. The van der Waals surface area contributed by atoms with Gasteiger partial charge in [-0.2, -0.15) is 0 Å². The lowest BCUT2D eigenvalue weighted by Crippen LogP contribution is -2.42. The van der Waals surface area contributed by atoms with E-state index in [1.807, 2.05) is 18.2 Å². The highest BCUT2D eigenvalue weighted by Crippen LogP contribution is 2.24. The van der Waals surface area contributed by atoms with E-state index in [0.717, 1.165) is 10.9 Å². The van der Waals surface area contributed by atoms with Crippen molar-refractivity contribution in [2.45, 2.75) is 6.92 Å². The Morgan fingerprint density at radius 3 is 2.45 bits per heavy atom. The molecule has 0 aliphatic carbocycles. The average Bonchev–Trinajstić information content (AvgIpc) is 2.90. The van der Waals surface area contributed by atoms with Crippen molar-refractivity contribution < 1.29 is 14.0 Å². The maximum atomic E-state index is 12.1. The Bertz CT molecular complexity index is 840. The number of nitrogens with zero attached hydrogens (tertiary/aromatic N) is 1. The lowest BCUT2D eigenvalue weighted by atomic mass is 10.1. The number of furan rings is 1. The summed E-state index contributed by atoms with van der Waals surface area (Å²) in [4.78, 5) is 27.8. The van der Waals surface area contributed by atoms with Crippen molar-refractivity contribution in [1.82, 2.24) is 15.8 Å². The molecule has 22 heavy (non-hydrogen) atoms. The number of carbonyl (C=O) groups is 2. The first-order valence-electron chi connectivity index (χ1n) is 6.66. The predicted octanol–water partition coefficient (Wildman–Crippen LogP) is 2.21. The van der Waals surface area contributed by atoms with Gasteiger partial charge in [-0.05, 0) is 25.1 Å². The molecule has 3 aromatic rings. The molecule has 2 N–H and O–H groups in total. The minimum Gasteiger partial charge on any atom is -0.451 e. The Kier molecular flexibility index (Phi) is 3.57. The van der Waals surface area contributed by atoms with Gasteiger partial charge in [0.15, 0.2) is 5.76 Å². The number of pyridine rings is 1. The lowest BCUT2D eigenvalue weighted by Gasteiger charge is -2.05. The van der Waals surface area contributed by atoms with Crippen molar-refractivity contribution in [2.75, 3.05) is 0 Å². The van der Waals surface area contributed by atoms with Crippen molar-refractivity contribution in [3.63, 3.8) is 0 Å². The second-order valence-electron chi connectivity index (χ2n) is 4.68. The normalized spacial score (nSPS) is 10.4. The highest BCUT2D eigenvalue weighted by molar-refractivity contribution is 6.00. The number of para-hydroxylation sites is 1. The van der Waals surface area contributed by atoms with Crippen LogP contribution in [-0.2, 0) is 0 Å². The third kappa shape index (κ3) is 2.54. The van der Waals surface area contributed by atoms with E-state index >= 15 is 0 Å². The third-order valence-corrected chi connectivity index (χ3v) is 3.24. The van der Waals surface area contributed by atoms with E-state index in [1.165, 1.54) is 6.20 Å². The number of hydrogen-bond acceptors (Lipinski definition) is 4. The molecule has 0 spiro atoms. The summed E-state index contributed by atoms with van der Waals surface area (Å²) in [5, 5.41) is 0.865. The van der Waals surface area contributed by atoms with Crippen LogP contribution >= 0.6 is 0 Å².